The Balaban J connectivity index is 2.59. The van der Waals surface area contributed by atoms with Gasteiger partial charge in [0, 0.05) is 23.8 Å². The summed E-state index contributed by atoms with van der Waals surface area (Å²) in [6.45, 7) is 5.10. The third kappa shape index (κ3) is 5.11. The SMILES string of the molecule is CCC(N)Cc1ccc(SCCOC)cc1C. The molecule has 1 atom stereocenters. The van der Waals surface area contributed by atoms with Crippen LogP contribution >= 0.6 is 11.8 Å². The van der Waals surface area contributed by atoms with Gasteiger partial charge in [-0.3, -0.25) is 0 Å². The van der Waals surface area contributed by atoms with Crippen LogP contribution in [-0.4, -0.2) is 25.5 Å². The second kappa shape index (κ2) is 7.75. The van der Waals surface area contributed by atoms with E-state index in [4.69, 9.17) is 10.5 Å². The van der Waals surface area contributed by atoms with Crippen LogP contribution < -0.4 is 5.73 Å². The molecule has 0 aliphatic heterocycles. The fourth-order valence-electron chi connectivity index (χ4n) is 1.66. The van der Waals surface area contributed by atoms with Crippen LogP contribution in [0.25, 0.3) is 0 Å². The largest absolute Gasteiger partial charge is 0.384 e. The first-order valence-corrected chi connectivity index (χ1v) is 7.12. The van der Waals surface area contributed by atoms with Crippen molar-refractivity contribution in [1.82, 2.24) is 0 Å². The van der Waals surface area contributed by atoms with E-state index in [1.54, 1.807) is 7.11 Å². The molecule has 17 heavy (non-hydrogen) atoms. The maximum Gasteiger partial charge on any atom is 0.0556 e. The van der Waals surface area contributed by atoms with Crippen molar-refractivity contribution < 1.29 is 4.74 Å². The van der Waals surface area contributed by atoms with Crippen LogP contribution in [0.3, 0.4) is 0 Å². The van der Waals surface area contributed by atoms with Crippen LogP contribution in [0.15, 0.2) is 23.1 Å². The van der Waals surface area contributed by atoms with Gasteiger partial charge >= 0.3 is 0 Å². The van der Waals surface area contributed by atoms with Gasteiger partial charge < -0.3 is 10.5 Å². The number of benzene rings is 1. The number of thioether (sulfide) groups is 1. The maximum atomic E-state index is 5.99. The molecule has 0 aromatic heterocycles. The molecule has 1 rings (SSSR count). The molecular weight excluding hydrogens is 230 g/mol. The molecule has 0 saturated carbocycles. The summed E-state index contributed by atoms with van der Waals surface area (Å²) in [6.07, 6.45) is 2.01. The summed E-state index contributed by atoms with van der Waals surface area (Å²) < 4.78 is 5.05. The highest BCUT2D eigenvalue weighted by molar-refractivity contribution is 7.99. The van der Waals surface area contributed by atoms with Crippen molar-refractivity contribution in [2.75, 3.05) is 19.5 Å². The molecule has 0 radical (unpaired) electrons. The predicted molar refractivity (Wildman–Crippen MR) is 75.7 cm³/mol. The molecule has 0 spiro atoms. The van der Waals surface area contributed by atoms with Gasteiger partial charge in [0.05, 0.1) is 6.61 Å². The van der Waals surface area contributed by atoms with Gasteiger partial charge in [-0.2, -0.15) is 0 Å². The Morgan fingerprint density at radius 3 is 2.76 bits per heavy atom. The molecule has 1 aromatic carbocycles. The molecular formula is C14H23NOS. The standard InChI is InChI=1S/C14H23NOS/c1-4-13(15)10-12-5-6-14(9-11(12)2)17-8-7-16-3/h5-6,9,13H,4,7-8,10,15H2,1-3H3. The van der Waals surface area contributed by atoms with E-state index in [2.05, 4.69) is 32.0 Å². The van der Waals surface area contributed by atoms with E-state index in [1.807, 2.05) is 11.8 Å². The first-order valence-electron chi connectivity index (χ1n) is 6.14. The fourth-order valence-corrected chi connectivity index (χ4v) is 2.57. The quantitative estimate of drug-likeness (QED) is 0.599. The number of aryl methyl sites for hydroxylation is 1. The third-order valence-corrected chi connectivity index (χ3v) is 3.83. The van der Waals surface area contributed by atoms with Gasteiger partial charge in [-0.05, 0) is 43.0 Å². The third-order valence-electron chi connectivity index (χ3n) is 2.88. The van der Waals surface area contributed by atoms with Crippen molar-refractivity contribution in [3.63, 3.8) is 0 Å². The summed E-state index contributed by atoms with van der Waals surface area (Å²) in [5.74, 6) is 1.00. The number of rotatable bonds is 7. The average molecular weight is 253 g/mol. The zero-order chi connectivity index (χ0) is 12.7. The molecule has 0 saturated heterocycles. The monoisotopic (exact) mass is 253 g/mol. The van der Waals surface area contributed by atoms with Crippen LogP contribution in [0.2, 0.25) is 0 Å². The van der Waals surface area contributed by atoms with Gasteiger partial charge in [0.1, 0.15) is 0 Å². The number of nitrogens with two attached hydrogens (primary N) is 1. The Kier molecular flexibility index (Phi) is 6.63. The Labute approximate surface area is 109 Å². The minimum absolute atomic E-state index is 0.278. The van der Waals surface area contributed by atoms with Crippen molar-refractivity contribution in [2.45, 2.75) is 37.6 Å². The van der Waals surface area contributed by atoms with Crippen LogP contribution in [-0.2, 0) is 11.2 Å². The summed E-state index contributed by atoms with van der Waals surface area (Å²) >= 11 is 1.84. The molecule has 0 aliphatic rings. The molecule has 1 aromatic rings. The van der Waals surface area contributed by atoms with Crippen molar-refractivity contribution in [1.29, 1.82) is 0 Å². The van der Waals surface area contributed by atoms with Gasteiger partial charge in [-0.1, -0.05) is 13.0 Å². The van der Waals surface area contributed by atoms with Crippen molar-refractivity contribution >= 4 is 11.8 Å². The molecule has 0 fully saturated rings. The number of hydrogen-bond acceptors (Lipinski definition) is 3. The van der Waals surface area contributed by atoms with Crippen LogP contribution in [0.5, 0.6) is 0 Å². The minimum atomic E-state index is 0.278. The van der Waals surface area contributed by atoms with E-state index >= 15 is 0 Å². The number of hydrogen-bond donors (Lipinski definition) is 1. The van der Waals surface area contributed by atoms with E-state index in [0.29, 0.717) is 0 Å². The topological polar surface area (TPSA) is 35.2 Å². The van der Waals surface area contributed by atoms with Crippen LogP contribution in [0.1, 0.15) is 24.5 Å². The summed E-state index contributed by atoms with van der Waals surface area (Å²) in [4.78, 5) is 1.31. The highest BCUT2D eigenvalue weighted by Crippen LogP contribution is 2.22. The van der Waals surface area contributed by atoms with E-state index in [0.717, 1.165) is 25.2 Å². The van der Waals surface area contributed by atoms with Gasteiger partial charge in [0.2, 0.25) is 0 Å². The molecule has 2 N–H and O–H groups in total. The highest BCUT2D eigenvalue weighted by atomic mass is 32.2. The fraction of sp³-hybridized carbons (Fsp3) is 0.571. The summed E-state index contributed by atoms with van der Waals surface area (Å²) in [6, 6.07) is 6.92. The van der Waals surface area contributed by atoms with E-state index in [1.165, 1.54) is 16.0 Å². The van der Waals surface area contributed by atoms with E-state index in [-0.39, 0.29) is 6.04 Å². The van der Waals surface area contributed by atoms with Crippen LogP contribution in [0, 0.1) is 6.92 Å². The normalized spacial score (nSPS) is 12.7. The zero-order valence-electron chi connectivity index (χ0n) is 11.0. The molecule has 0 bridgehead atoms. The smallest absolute Gasteiger partial charge is 0.0556 e. The average Bonchev–Trinajstić information content (AvgIpc) is 2.32. The maximum absolute atomic E-state index is 5.99. The van der Waals surface area contributed by atoms with Gasteiger partial charge in [-0.15, -0.1) is 11.8 Å². The summed E-state index contributed by atoms with van der Waals surface area (Å²) in [7, 11) is 1.74. The van der Waals surface area contributed by atoms with Crippen molar-refractivity contribution in [3.8, 4) is 0 Å². The molecule has 0 amide bonds. The van der Waals surface area contributed by atoms with Gasteiger partial charge in [0.15, 0.2) is 0 Å². The summed E-state index contributed by atoms with van der Waals surface area (Å²) in [5, 5.41) is 0. The Morgan fingerprint density at radius 2 is 2.18 bits per heavy atom. The second-order valence-electron chi connectivity index (χ2n) is 4.30. The predicted octanol–water partition coefficient (Wildman–Crippen LogP) is 3.01. The Bertz CT molecular complexity index is 341. The second-order valence-corrected chi connectivity index (χ2v) is 5.47. The first-order chi connectivity index (χ1) is 8.17. The Hall–Kier alpha value is -0.510. The number of ether oxygens (including phenoxy) is 1. The lowest BCUT2D eigenvalue weighted by molar-refractivity contribution is 0.218. The lowest BCUT2D eigenvalue weighted by Gasteiger charge is -2.12. The van der Waals surface area contributed by atoms with Gasteiger partial charge in [0.25, 0.3) is 0 Å². The molecule has 3 heteroatoms. The lowest BCUT2D eigenvalue weighted by Crippen LogP contribution is -2.21. The molecule has 0 aliphatic carbocycles. The van der Waals surface area contributed by atoms with E-state index < -0.39 is 0 Å². The number of methoxy groups -OCH3 is 1. The van der Waals surface area contributed by atoms with Crippen molar-refractivity contribution in [3.05, 3.63) is 29.3 Å². The molecule has 1 unspecified atom stereocenters. The van der Waals surface area contributed by atoms with E-state index in [9.17, 15) is 0 Å². The molecule has 96 valence electrons. The zero-order valence-corrected chi connectivity index (χ0v) is 11.8. The Morgan fingerprint density at radius 1 is 1.41 bits per heavy atom. The first kappa shape index (κ1) is 14.6. The van der Waals surface area contributed by atoms with Crippen LogP contribution in [0.4, 0.5) is 0 Å². The van der Waals surface area contributed by atoms with Gasteiger partial charge in [-0.25, -0.2) is 0 Å². The minimum Gasteiger partial charge on any atom is -0.384 e. The molecule has 2 nitrogen and oxygen atoms in total. The highest BCUT2D eigenvalue weighted by Gasteiger charge is 2.05. The lowest BCUT2D eigenvalue weighted by atomic mass is 10.0. The summed E-state index contributed by atoms with van der Waals surface area (Å²) in [5.41, 5.74) is 8.70. The van der Waals surface area contributed by atoms with Crippen molar-refractivity contribution in [2.24, 2.45) is 5.73 Å². The molecule has 0 heterocycles.